The van der Waals surface area contributed by atoms with Crippen LogP contribution in [0, 0.1) is 0 Å². The van der Waals surface area contributed by atoms with Crippen LogP contribution in [0.4, 0.5) is 0 Å². The van der Waals surface area contributed by atoms with Gasteiger partial charge in [0.1, 0.15) is 0 Å². The first-order valence-corrected chi connectivity index (χ1v) is 10.6. The van der Waals surface area contributed by atoms with Crippen molar-refractivity contribution in [3.05, 3.63) is 93.7 Å². The average molecular weight is 410 g/mol. The van der Waals surface area contributed by atoms with Crippen LogP contribution in [0.3, 0.4) is 0 Å². The molecule has 0 amide bonds. The van der Waals surface area contributed by atoms with E-state index in [9.17, 15) is 20.1 Å². The summed E-state index contributed by atoms with van der Waals surface area (Å²) in [6.45, 7) is 0. The van der Waals surface area contributed by atoms with Crippen LogP contribution in [0.5, 0.6) is 0 Å². The molecule has 4 aromatic rings. The molecular formula is C23H16B2O4S. The summed E-state index contributed by atoms with van der Waals surface area (Å²) in [7, 11) is -3.13. The molecule has 4 nitrogen and oxygen atoms in total. The molecular weight excluding hydrogens is 394 g/mol. The van der Waals surface area contributed by atoms with Gasteiger partial charge in [0.25, 0.3) is 0 Å². The van der Waals surface area contributed by atoms with Crippen LogP contribution in [0.2, 0.25) is 0 Å². The highest BCUT2D eigenvalue weighted by atomic mass is 32.1. The summed E-state index contributed by atoms with van der Waals surface area (Å²) in [6, 6.07) is 21.5. The highest BCUT2D eigenvalue weighted by molar-refractivity contribution is 7.11. The van der Waals surface area contributed by atoms with Crippen LogP contribution in [-0.2, 0) is 5.41 Å². The molecule has 0 radical (unpaired) electrons. The van der Waals surface area contributed by atoms with Gasteiger partial charge in [-0.3, -0.25) is 0 Å². The molecule has 1 aromatic heterocycles. The van der Waals surface area contributed by atoms with E-state index in [1.807, 2.05) is 36.4 Å². The Morgan fingerprint density at radius 3 is 1.77 bits per heavy atom. The van der Waals surface area contributed by atoms with Gasteiger partial charge in [0, 0.05) is 4.88 Å². The van der Waals surface area contributed by atoms with E-state index in [-0.39, 0.29) is 0 Å². The highest BCUT2D eigenvalue weighted by Crippen LogP contribution is 2.63. The normalized spacial score (nSPS) is 14.3. The third-order valence-corrected chi connectivity index (χ3v) is 7.44. The van der Waals surface area contributed by atoms with E-state index in [0.717, 1.165) is 38.3 Å². The summed E-state index contributed by atoms with van der Waals surface area (Å²) in [6.07, 6.45) is 0. The lowest BCUT2D eigenvalue weighted by Crippen LogP contribution is -2.34. The predicted octanol–water partition coefficient (Wildman–Crippen LogP) is 1.45. The Morgan fingerprint density at radius 2 is 1.17 bits per heavy atom. The molecule has 30 heavy (non-hydrogen) atoms. The Morgan fingerprint density at radius 1 is 0.600 bits per heavy atom. The predicted molar refractivity (Wildman–Crippen MR) is 120 cm³/mol. The molecule has 1 heterocycles. The van der Waals surface area contributed by atoms with Gasteiger partial charge in [-0.2, -0.15) is 0 Å². The molecule has 0 bridgehead atoms. The molecule has 3 aromatic carbocycles. The second-order valence-corrected chi connectivity index (χ2v) is 8.73. The number of rotatable bonds is 2. The van der Waals surface area contributed by atoms with Gasteiger partial charge in [-0.1, -0.05) is 60.7 Å². The summed E-state index contributed by atoms with van der Waals surface area (Å²) in [4.78, 5) is 1.16. The molecule has 4 N–H and O–H groups in total. The van der Waals surface area contributed by atoms with Crippen LogP contribution in [0.25, 0.3) is 22.3 Å². The Hall–Kier alpha value is -2.67. The fourth-order valence-electron chi connectivity index (χ4n) is 5.19. The number of benzene rings is 3. The number of hydrogen-bond acceptors (Lipinski definition) is 5. The molecule has 0 atom stereocenters. The minimum atomic E-state index is -1.56. The Labute approximate surface area is 178 Å². The van der Waals surface area contributed by atoms with Crippen LogP contribution in [0.15, 0.2) is 72.1 Å². The van der Waals surface area contributed by atoms with Crippen LogP contribution >= 0.6 is 11.3 Å². The van der Waals surface area contributed by atoms with Gasteiger partial charge < -0.3 is 20.1 Å². The molecule has 1 spiro atoms. The molecule has 2 aliphatic rings. The van der Waals surface area contributed by atoms with Crippen molar-refractivity contribution in [2.45, 2.75) is 5.41 Å². The summed E-state index contributed by atoms with van der Waals surface area (Å²) in [5.41, 5.74) is 7.70. The van der Waals surface area contributed by atoms with Gasteiger partial charge in [0.2, 0.25) is 0 Å². The van der Waals surface area contributed by atoms with Crippen molar-refractivity contribution in [3.63, 3.8) is 0 Å². The third-order valence-electron chi connectivity index (χ3n) is 6.41. The first-order chi connectivity index (χ1) is 14.5. The van der Waals surface area contributed by atoms with E-state index in [4.69, 9.17) is 0 Å². The molecule has 2 aliphatic carbocycles. The van der Waals surface area contributed by atoms with E-state index in [1.165, 1.54) is 5.56 Å². The molecule has 0 saturated carbocycles. The van der Waals surface area contributed by atoms with Crippen molar-refractivity contribution in [1.29, 1.82) is 0 Å². The minimum absolute atomic E-state index is 0.436. The van der Waals surface area contributed by atoms with Crippen molar-refractivity contribution in [1.82, 2.24) is 0 Å². The van der Waals surface area contributed by atoms with E-state index in [0.29, 0.717) is 10.9 Å². The maximum absolute atomic E-state index is 9.86. The van der Waals surface area contributed by atoms with Crippen molar-refractivity contribution in [2.75, 3.05) is 0 Å². The second kappa shape index (κ2) is 6.17. The van der Waals surface area contributed by atoms with Crippen molar-refractivity contribution >= 4 is 36.5 Å². The Bertz CT molecular complexity index is 1270. The molecule has 6 rings (SSSR count). The summed E-state index contributed by atoms with van der Waals surface area (Å²) >= 11 is 1.67. The lowest BCUT2D eigenvalue weighted by Gasteiger charge is -2.29. The van der Waals surface area contributed by atoms with Crippen molar-refractivity contribution < 1.29 is 20.1 Å². The van der Waals surface area contributed by atoms with Gasteiger partial charge >= 0.3 is 14.2 Å². The monoisotopic (exact) mass is 410 g/mol. The third kappa shape index (κ3) is 2.11. The molecule has 0 aliphatic heterocycles. The van der Waals surface area contributed by atoms with Gasteiger partial charge in [0.15, 0.2) is 0 Å². The second-order valence-electron chi connectivity index (χ2n) is 7.82. The lowest BCUT2D eigenvalue weighted by atomic mass is 9.69. The standard InChI is InChI=1S/C23H16B2O4S/c26-24(27)13-5-7-16-17-8-6-14(25(28)29)12-21(17)23(20(16)11-13)19-4-2-1-3-15(19)18-9-10-30-22(18)23/h1-12,26-29H. The molecule has 0 unspecified atom stereocenters. The summed E-state index contributed by atoms with van der Waals surface area (Å²) in [5, 5.41) is 41.5. The fraction of sp³-hybridized carbons (Fsp3) is 0.0435. The maximum Gasteiger partial charge on any atom is 0.488 e. The van der Waals surface area contributed by atoms with Crippen LogP contribution < -0.4 is 10.9 Å². The quantitative estimate of drug-likeness (QED) is 0.326. The minimum Gasteiger partial charge on any atom is -0.423 e. The van der Waals surface area contributed by atoms with Crippen LogP contribution in [0.1, 0.15) is 21.6 Å². The van der Waals surface area contributed by atoms with Crippen LogP contribution in [-0.4, -0.2) is 34.3 Å². The zero-order valence-electron chi connectivity index (χ0n) is 15.8. The van der Waals surface area contributed by atoms with E-state index < -0.39 is 19.7 Å². The highest BCUT2D eigenvalue weighted by Gasteiger charge is 2.53. The zero-order valence-corrected chi connectivity index (χ0v) is 16.6. The smallest absolute Gasteiger partial charge is 0.423 e. The maximum atomic E-state index is 9.86. The average Bonchev–Trinajstić information content (AvgIpc) is 3.41. The lowest BCUT2D eigenvalue weighted by molar-refractivity contribution is 0.424. The molecule has 7 heteroatoms. The van der Waals surface area contributed by atoms with Crippen molar-refractivity contribution in [3.8, 4) is 22.3 Å². The first-order valence-electron chi connectivity index (χ1n) is 9.73. The largest absolute Gasteiger partial charge is 0.488 e. The fourth-order valence-corrected chi connectivity index (χ4v) is 6.35. The van der Waals surface area contributed by atoms with Gasteiger partial charge in [-0.05, 0) is 61.3 Å². The van der Waals surface area contributed by atoms with Gasteiger partial charge in [0.05, 0.1) is 5.41 Å². The number of hydrogen-bond donors (Lipinski definition) is 4. The summed E-state index contributed by atoms with van der Waals surface area (Å²) < 4.78 is 0. The zero-order chi connectivity index (χ0) is 20.6. The molecule has 144 valence electrons. The first kappa shape index (κ1) is 18.1. The van der Waals surface area contributed by atoms with Gasteiger partial charge in [-0.15, -0.1) is 11.3 Å². The topological polar surface area (TPSA) is 80.9 Å². The SMILES string of the molecule is OB(O)c1ccc2c(c1)C1(c3cc(B(O)O)ccc3-2)c2ccccc2-c2ccsc21. The van der Waals surface area contributed by atoms with E-state index in [1.54, 1.807) is 23.5 Å². The van der Waals surface area contributed by atoms with E-state index in [2.05, 4.69) is 23.6 Å². The number of thiophene rings is 1. The Balaban J connectivity index is 1.80. The van der Waals surface area contributed by atoms with E-state index >= 15 is 0 Å². The summed E-state index contributed by atoms with van der Waals surface area (Å²) in [5.74, 6) is 0. The Kier molecular flexibility index (Phi) is 3.73. The molecule has 0 saturated heterocycles. The van der Waals surface area contributed by atoms with Gasteiger partial charge in [-0.25, -0.2) is 0 Å². The molecule has 0 fully saturated rings. The number of fused-ring (bicyclic) bond motifs is 10. The van der Waals surface area contributed by atoms with Crippen molar-refractivity contribution in [2.24, 2.45) is 0 Å².